The van der Waals surface area contributed by atoms with Crippen LogP contribution in [-0.4, -0.2) is 68.5 Å². The van der Waals surface area contributed by atoms with Gasteiger partial charge in [0.2, 0.25) is 5.95 Å². The third kappa shape index (κ3) is 5.92. The van der Waals surface area contributed by atoms with Gasteiger partial charge in [-0.1, -0.05) is 23.7 Å². The van der Waals surface area contributed by atoms with E-state index in [-0.39, 0.29) is 6.09 Å². The summed E-state index contributed by atoms with van der Waals surface area (Å²) in [7, 11) is 3.15. The summed E-state index contributed by atoms with van der Waals surface area (Å²) in [6, 6.07) is 13.8. The number of amides is 1. The van der Waals surface area contributed by atoms with Gasteiger partial charge in [-0.05, 0) is 69.4 Å². The van der Waals surface area contributed by atoms with Gasteiger partial charge < -0.3 is 24.4 Å². The molecule has 1 aliphatic rings. The van der Waals surface area contributed by atoms with Crippen LogP contribution in [0, 0.1) is 0 Å². The number of nitrogens with one attached hydrogen (secondary N) is 1. The molecule has 0 radical (unpaired) electrons. The van der Waals surface area contributed by atoms with Crippen molar-refractivity contribution in [3.8, 4) is 22.6 Å². The fourth-order valence-electron chi connectivity index (χ4n) is 5.45. The molecule has 3 aromatic heterocycles. The molecule has 2 aromatic carbocycles. The van der Waals surface area contributed by atoms with Gasteiger partial charge in [-0.25, -0.2) is 9.78 Å². The number of fused-ring (bicyclic) bond motifs is 3. The van der Waals surface area contributed by atoms with Crippen molar-refractivity contribution in [3.05, 3.63) is 65.6 Å². The zero-order valence-electron chi connectivity index (χ0n) is 25.3. The van der Waals surface area contributed by atoms with Gasteiger partial charge in [-0.3, -0.25) is 4.40 Å². The first kappa shape index (κ1) is 29.4. The van der Waals surface area contributed by atoms with E-state index in [2.05, 4.69) is 32.6 Å². The number of benzene rings is 2. The van der Waals surface area contributed by atoms with Crippen LogP contribution in [0.15, 0.2) is 55.0 Å². The van der Waals surface area contributed by atoms with Crippen LogP contribution in [0.1, 0.15) is 45.1 Å². The van der Waals surface area contributed by atoms with E-state index in [1.165, 1.54) is 5.56 Å². The second kappa shape index (κ2) is 11.8. The van der Waals surface area contributed by atoms with E-state index in [0.717, 1.165) is 29.5 Å². The summed E-state index contributed by atoms with van der Waals surface area (Å²) in [5.74, 6) is 1.92. The number of carbonyl (C=O) groups excluding carboxylic acids is 1. The average molecular weight is 616 g/mol. The monoisotopic (exact) mass is 615 g/mol. The Labute approximate surface area is 260 Å². The molecule has 0 saturated carbocycles. The fourth-order valence-corrected chi connectivity index (χ4v) is 5.74. The number of nitrogens with zero attached hydrogens (tertiary/aromatic N) is 6. The van der Waals surface area contributed by atoms with Gasteiger partial charge in [0, 0.05) is 47.6 Å². The summed E-state index contributed by atoms with van der Waals surface area (Å²) < 4.78 is 18.3. The molecule has 44 heavy (non-hydrogen) atoms. The van der Waals surface area contributed by atoms with E-state index in [4.69, 9.17) is 30.8 Å². The van der Waals surface area contributed by atoms with E-state index < -0.39 is 5.60 Å². The maximum absolute atomic E-state index is 12.4. The maximum Gasteiger partial charge on any atom is 0.410 e. The van der Waals surface area contributed by atoms with Gasteiger partial charge in [-0.15, -0.1) is 10.2 Å². The molecule has 6 rings (SSSR count). The predicted molar refractivity (Wildman–Crippen MR) is 169 cm³/mol. The van der Waals surface area contributed by atoms with Crippen molar-refractivity contribution in [2.24, 2.45) is 0 Å². The zero-order chi connectivity index (χ0) is 31.0. The molecule has 1 fully saturated rings. The van der Waals surface area contributed by atoms with Crippen LogP contribution in [0.3, 0.4) is 0 Å². The Hall–Kier alpha value is -4.64. The van der Waals surface area contributed by atoms with Crippen molar-refractivity contribution < 1.29 is 19.0 Å². The molecule has 0 bridgehead atoms. The molecule has 1 N–H and O–H groups in total. The van der Waals surface area contributed by atoms with Gasteiger partial charge in [0.25, 0.3) is 0 Å². The topological polar surface area (TPSA) is 116 Å². The lowest BCUT2D eigenvalue weighted by Gasteiger charge is -2.33. The Morgan fingerprint density at radius 3 is 2.43 bits per heavy atom. The Morgan fingerprint density at radius 2 is 1.75 bits per heavy atom. The Balaban J connectivity index is 1.20. The number of methoxy groups -OCH3 is 2. The zero-order valence-corrected chi connectivity index (χ0v) is 26.1. The van der Waals surface area contributed by atoms with Gasteiger partial charge >= 0.3 is 6.09 Å². The van der Waals surface area contributed by atoms with E-state index >= 15 is 0 Å². The van der Waals surface area contributed by atoms with Crippen molar-refractivity contribution in [1.29, 1.82) is 0 Å². The molecule has 12 heteroatoms. The number of rotatable bonds is 6. The lowest BCUT2D eigenvalue weighted by molar-refractivity contribution is 0.0205. The molecule has 4 heterocycles. The first-order chi connectivity index (χ1) is 21.1. The molecule has 228 valence electrons. The van der Waals surface area contributed by atoms with Crippen LogP contribution in [0.2, 0.25) is 5.02 Å². The summed E-state index contributed by atoms with van der Waals surface area (Å²) in [5.41, 5.74) is 4.29. The lowest BCUT2D eigenvalue weighted by Crippen LogP contribution is -2.41. The molecule has 0 aliphatic carbocycles. The fraction of sp³-hybridized carbons (Fsp3) is 0.344. The minimum absolute atomic E-state index is 0.241. The largest absolute Gasteiger partial charge is 0.497 e. The Morgan fingerprint density at radius 1 is 1.00 bits per heavy atom. The van der Waals surface area contributed by atoms with Crippen LogP contribution < -0.4 is 14.8 Å². The molecule has 0 atom stereocenters. The predicted octanol–water partition coefficient (Wildman–Crippen LogP) is 6.87. The Bertz CT molecular complexity index is 1830. The van der Waals surface area contributed by atoms with Gasteiger partial charge in [0.05, 0.1) is 19.2 Å². The highest BCUT2D eigenvalue weighted by atomic mass is 35.5. The molecule has 0 unspecified atom stereocenters. The molecule has 1 saturated heterocycles. The number of anilines is 2. The van der Waals surface area contributed by atoms with Crippen molar-refractivity contribution >= 4 is 46.0 Å². The van der Waals surface area contributed by atoms with Crippen LogP contribution in [0.25, 0.3) is 27.8 Å². The first-order valence-corrected chi connectivity index (χ1v) is 14.8. The highest BCUT2D eigenvalue weighted by Gasteiger charge is 2.27. The van der Waals surface area contributed by atoms with Crippen LogP contribution in [0.5, 0.6) is 11.5 Å². The molecular weight excluding hydrogens is 582 g/mol. The highest BCUT2D eigenvalue weighted by Crippen LogP contribution is 2.41. The highest BCUT2D eigenvalue weighted by molar-refractivity contribution is 6.35. The quantitative estimate of drug-likeness (QED) is 0.218. The third-order valence-electron chi connectivity index (χ3n) is 7.66. The van der Waals surface area contributed by atoms with Crippen LogP contribution >= 0.6 is 11.6 Å². The number of carbonyl (C=O) groups is 1. The maximum atomic E-state index is 12.4. The first-order valence-electron chi connectivity index (χ1n) is 14.4. The molecule has 1 amide bonds. The van der Waals surface area contributed by atoms with Crippen molar-refractivity contribution in [1.82, 2.24) is 29.5 Å². The van der Waals surface area contributed by atoms with E-state index in [9.17, 15) is 4.79 Å². The number of likely N-dealkylation sites (tertiary alicyclic amines) is 1. The van der Waals surface area contributed by atoms with Crippen molar-refractivity contribution in [2.45, 2.75) is 45.1 Å². The minimum atomic E-state index is -0.490. The summed E-state index contributed by atoms with van der Waals surface area (Å²) in [5, 5.41) is 13.0. The number of hydrogen-bond donors (Lipinski definition) is 1. The SMILES string of the molecule is COc1cc(OC)c(Cl)c(-c2cc3cnc(Nc4ccc(C5CCN(C(=O)OC(C)(C)C)CC5)cc4)nc3n3cnnc23)c1. The molecule has 0 spiro atoms. The van der Waals surface area contributed by atoms with E-state index in [0.29, 0.717) is 58.3 Å². The van der Waals surface area contributed by atoms with Gasteiger partial charge in [-0.2, -0.15) is 4.98 Å². The van der Waals surface area contributed by atoms with Crippen LogP contribution in [0.4, 0.5) is 16.4 Å². The molecule has 1 aliphatic heterocycles. The standard InChI is InChI=1S/C32H34ClN7O4/c1-32(2,3)44-31(41)39-12-10-20(11-13-39)19-6-8-22(9-7-19)36-30-34-17-21-14-25(29-38-35-18-40(29)28(21)37-30)24-15-23(42-4)16-26(43-5)27(24)33/h6-9,14-18,20H,10-13H2,1-5H3,(H,34,36,37). The summed E-state index contributed by atoms with van der Waals surface area (Å²) in [6.45, 7) is 7.03. The van der Waals surface area contributed by atoms with E-state index in [1.54, 1.807) is 37.7 Å². The molecule has 5 aromatic rings. The number of piperidine rings is 1. The number of ether oxygens (including phenoxy) is 3. The summed E-state index contributed by atoms with van der Waals surface area (Å²) >= 11 is 6.71. The van der Waals surface area contributed by atoms with Crippen molar-refractivity contribution in [2.75, 3.05) is 32.6 Å². The van der Waals surface area contributed by atoms with Crippen molar-refractivity contribution in [3.63, 3.8) is 0 Å². The average Bonchev–Trinajstić information content (AvgIpc) is 3.51. The number of halogens is 1. The number of aromatic nitrogens is 5. The van der Waals surface area contributed by atoms with E-state index in [1.807, 2.05) is 49.4 Å². The van der Waals surface area contributed by atoms with Crippen LogP contribution in [-0.2, 0) is 4.74 Å². The van der Waals surface area contributed by atoms with Gasteiger partial charge in [0.15, 0.2) is 11.3 Å². The smallest absolute Gasteiger partial charge is 0.410 e. The van der Waals surface area contributed by atoms with Gasteiger partial charge in [0.1, 0.15) is 23.4 Å². The lowest BCUT2D eigenvalue weighted by atomic mass is 9.89. The number of hydrogen-bond acceptors (Lipinski definition) is 9. The minimum Gasteiger partial charge on any atom is -0.497 e. The second-order valence-corrected chi connectivity index (χ2v) is 12.1. The molecular formula is C32H34ClN7O4. The normalized spacial score (nSPS) is 14.2. The number of pyridine rings is 1. The molecule has 11 nitrogen and oxygen atoms in total. The summed E-state index contributed by atoms with van der Waals surface area (Å²) in [4.78, 5) is 23.6. The second-order valence-electron chi connectivity index (χ2n) is 11.7. The summed E-state index contributed by atoms with van der Waals surface area (Å²) in [6.07, 6.45) is 4.92. The Kier molecular flexibility index (Phi) is 7.89. The third-order valence-corrected chi connectivity index (χ3v) is 8.05.